The third-order valence-corrected chi connectivity index (χ3v) is 6.51. The Morgan fingerprint density at radius 3 is 2.71 bits per heavy atom. The van der Waals surface area contributed by atoms with E-state index in [4.69, 9.17) is 16.3 Å². The number of benzene rings is 3. The smallest absolute Gasteiger partial charge is 0.271 e. The van der Waals surface area contributed by atoms with Crippen LogP contribution in [0.4, 0.5) is 0 Å². The lowest BCUT2D eigenvalue weighted by molar-refractivity contribution is 0.0955. The van der Waals surface area contributed by atoms with Crippen molar-refractivity contribution in [3.05, 3.63) is 106 Å². The van der Waals surface area contributed by atoms with E-state index in [-0.39, 0.29) is 5.91 Å². The third-order valence-electron chi connectivity index (χ3n) is 6.21. The summed E-state index contributed by atoms with van der Waals surface area (Å²) < 4.78 is 5.22. The van der Waals surface area contributed by atoms with Crippen LogP contribution in [0.25, 0.3) is 10.9 Å². The van der Waals surface area contributed by atoms with Crippen LogP contribution in [-0.2, 0) is 19.5 Å². The zero-order valence-corrected chi connectivity index (χ0v) is 20.1. The quantitative estimate of drug-likeness (QED) is 0.231. The van der Waals surface area contributed by atoms with Gasteiger partial charge in [-0.15, -0.1) is 0 Å². The first-order valence-corrected chi connectivity index (χ1v) is 11.8. The fraction of sp³-hybridized carbons (Fsp3) is 0.179. The number of hydrogen-bond acceptors (Lipinski definition) is 5. The van der Waals surface area contributed by atoms with Crippen molar-refractivity contribution in [3.63, 3.8) is 0 Å². The van der Waals surface area contributed by atoms with E-state index in [1.54, 1.807) is 7.11 Å². The Balaban J connectivity index is 1.19. The van der Waals surface area contributed by atoms with Crippen LogP contribution in [0.15, 0.2) is 77.9 Å². The molecule has 5 rings (SSSR count). The van der Waals surface area contributed by atoms with Gasteiger partial charge >= 0.3 is 0 Å². The van der Waals surface area contributed by atoms with Crippen LogP contribution in [0.5, 0.6) is 5.75 Å². The predicted octanol–water partition coefficient (Wildman–Crippen LogP) is 5.22. The molecule has 7 heteroatoms. The number of nitrogens with one attached hydrogen (secondary N) is 1. The topological polar surface area (TPSA) is 66.8 Å². The van der Waals surface area contributed by atoms with E-state index in [1.165, 1.54) is 22.9 Å². The van der Waals surface area contributed by atoms with E-state index in [9.17, 15) is 4.79 Å². The predicted molar refractivity (Wildman–Crippen MR) is 139 cm³/mol. The second-order valence-corrected chi connectivity index (χ2v) is 8.91. The molecule has 0 bridgehead atoms. The number of aromatic nitrogens is 1. The lowest BCUT2D eigenvalue weighted by atomic mass is 9.99. The molecule has 0 saturated carbocycles. The summed E-state index contributed by atoms with van der Waals surface area (Å²) in [6, 6.07) is 23.7. The maximum atomic E-state index is 12.5. The standard InChI is InChI=1S/C28H25ClN4O2/c1-35-25-11-10-22-14-24(27(29)31-26(22)15-25)16-30-32-28(34)21-8-6-19(7-9-21)17-33-13-12-20-4-2-3-5-23(20)18-33/h2-11,14-16H,12-13,17-18H2,1H3,(H,32,34). The monoisotopic (exact) mass is 484 g/mol. The highest BCUT2D eigenvalue weighted by atomic mass is 35.5. The molecule has 35 heavy (non-hydrogen) atoms. The van der Waals surface area contributed by atoms with Gasteiger partial charge < -0.3 is 4.74 Å². The Kier molecular flexibility index (Phi) is 6.75. The highest BCUT2D eigenvalue weighted by Crippen LogP contribution is 2.23. The molecule has 1 N–H and O–H groups in total. The van der Waals surface area contributed by atoms with Gasteiger partial charge in [0.2, 0.25) is 0 Å². The van der Waals surface area contributed by atoms with E-state index in [0.717, 1.165) is 37.0 Å². The van der Waals surface area contributed by atoms with Crippen molar-refractivity contribution in [1.82, 2.24) is 15.3 Å². The van der Waals surface area contributed by atoms with Gasteiger partial charge in [0.05, 0.1) is 18.8 Å². The summed E-state index contributed by atoms with van der Waals surface area (Å²) in [5.74, 6) is 0.427. The maximum Gasteiger partial charge on any atom is 0.271 e. The molecule has 0 atom stereocenters. The summed E-state index contributed by atoms with van der Waals surface area (Å²) in [7, 11) is 1.61. The first-order chi connectivity index (χ1) is 17.1. The fourth-order valence-electron chi connectivity index (χ4n) is 4.29. The Morgan fingerprint density at radius 1 is 1.11 bits per heavy atom. The van der Waals surface area contributed by atoms with Gasteiger partial charge in [0.15, 0.2) is 0 Å². The number of halogens is 1. The summed E-state index contributed by atoms with van der Waals surface area (Å²) in [6.07, 6.45) is 2.57. The molecular formula is C28H25ClN4O2. The molecule has 176 valence electrons. The number of rotatable bonds is 6. The van der Waals surface area contributed by atoms with E-state index in [0.29, 0.717) is 22.0 Å². The number of carbonyl (C=O) groups excluding carboxylic acids is 1. The number of fused-ring (bicyclic) bond motifs is 2. The van der Waals surface area contributed by atoms with E-state index >= 15 is 0 Å². The van der Waals surface area contributed by atoms with Crippen molar-refractivity contribution < 1.29 is 9.53 Å². The number of hydrogen-bond donors (Lipinski definition) is 1. The Labute approximate surface area is 209 Å². The molecule has 1 amide bonds. The average Bonchev–Trinajstić information content (AvgIpc) is 2.89. The molecule has 0 radical (unpaired) electrons. The van der Waals surface area contributed by atoms with Crippen molar-refractivity contribution in [2.24, 2.45) is 5.10 Å². The first kappa shape index (κ1) is 23.0. The van der Waals surface area contributed by atoms with Crippen LogP contribution < -0.4 is 10.2 Å². The van der Waals surface area contributed by atoms with E-state index in [1.807, 2.05) is 48.5 Å². The molecule has 1 aliphatic rings. The summed E-state index contributed by atoms with van der Waals surface area (Å²) in [6.45, 7) is 2.84. The molecule has 0 saturated heterocycles. The lowest BCUT2D eigenvalue weighted by Gasteiger charge is -2.28. The van der Waals surface area contributed by atoms with Gasteiger partial charge in [0, 0.05) is 42.2 Å². The zero-order chi connectivity index (χ0) is 24.2. The molecule has 0 fully saturated rings. The van der Waals surface area contributed by atoms with Crippen molar-refractivity contribution in [3.8, 4) is 5.75 Å². The molecule has 0 unspecified atom stereocenters. The minimum atomic E-state index is -0.283. The van der Waals surface area contributed by atoms with Gasteiger partial charge in [0.25, 0.3) is 5.91 Å². The van der Waals surface area contributed by atoms with Crippen molar-refractivity contribution >= 4 is 34.6 Å². The molecule has 2 heterocycles. The van der Waals surface area contributed by atoms with Gasteiger partial charge in [-0.3, -0.25) is 9.69 Å². The summed E-state index contributed by atoms with van der Waals surface area (Å²) in [5.41, 5.74) is 8.47. The number of nitrogens with zero attached hydrogens (tertiary/aromatic N) is 3. The maximum absolute atomic E-state index is 12.5. The zero-order valence-electron chi connectivity index (χ0n) is 19.4. The summed E-state index contributed by atoms with van der Waals surface area (Å²) in [5, 5.41) is 5.27. The Hall–Kier alpha value is -3.74. The van der Waals surface area contributed by atoms with E-state index in [2.05, 4.69) is 44.7 Å². The van der Waals surface area contributed by atoms with Crippen molar-refractivity contribution in [2.75, 3.05) is 13.7 Å². The molecule has 1 aromatic heterocycles. The largest absolute Gasteiger partial charge is 0.497 e. The number of amides is 1. The number of pyridine rings is 1. The molecule has 6 nitrogen and oxygen atoms in total. The molecule has 4 aromatic rings. The molecular weight excluding hydrogens is 460 g/mol. The SMILES string of the molecule is COc1ccc2cc(C=NNC(=O)c3ccc(CN4CCc5ccccc5C4)cc3)c(Cl)nc2c1. The van der Waals surface area contributed by atoms with Gasteiger partial charge in [-0.1, -0.05) is 48.0 Å². The van der Waals surface area contributed by atoms with Gasteiger partial charge in [-0.2, -0.15) is 5.10 Å². The summed E-state index contributed by atoms with van der Waals surface area (Å²) >= 11 is 6.30. The van der Waals surface area contributed by atoms with Gasteiger partial charge in [-0.25, -0.2) is 10.4 Å². The van der Waals surface area contributed by atoms with Gasteiger partial charge in [-0.05, 0) is 53.4 Å². The number of carbonyl (C=O) groups is 1. The van der Waals surface area contributed by atoms with Crippen LogP contribution >= 0.6 is 11.6 Å². The number of methoxy groups -OCH3 is 1. The third kappa shape index (κ3) is 5.34. The lowest BCUT2D eigenvalue weighted by Crippen LogP contribution is -2.30. The minimum Gasteiger partial charge on any atom is -0.497 e. The number of hydrazone groups is 1. The normalized spacial score (nSPS) is 13.7. The fourth-order valence-corrected chi connectivity index (χ4v) is 4.49. The number of ether oxygens (including phenoxy) is 1. The van der Waals surface area contributed by atoms with Crippen LogP contribution in [-0.4, -0.2) is 35.7 Å². The van der Waals surface area contributed by atoms with Crippen molar-refractivity contribution in [1.29, 1.82) is 0 Å². The Morgan fingerprint density at radius 2 is 1.91 bits per heavy atom. The summed E-state index contributed by atoms with van der Waals surface area (Å²) in [4.78, 5) is 19.4. The second-order valence-electron chi connectivity index (χ2n) is 8.55. The Bertz CT molecular complexity index is 1400. The molecule has 0 aliphatic carbocycles. The molecule has 1 aliphatic heterocycles. The first-order valence-electron chi connectivity index (χ1n) is 11.4. The van der Waals surface area contributed by atoms with Crippen molar-refractivity contribution in [2.45, 2.75) is 19.5 Å². The minimum absolute atomic E-state index is 0.283. The average molecular weight is 485 g/mol. The molecule has 3 aromatic carbocycles. The van der Waals surface area contributed by atoms with Crippen LogP contribution in [0.1, 0.15) is 32.6 Å². The van der Waals surface area contributed by atoms with Crippen LogP contribution in [0.2, 0.25) is 5.15 Å². The van der Waals surface area contributed by atoms with Crippen LogP contribution in [0, 0.1) is 0 Å². The second kappa shape index (κ2) is 10.3. The van der Waals surface area contributed by atoms with E-state index < -0.39 is 0 Å². The van der Waals surface area contributed by atoms with Gasteiger partial charge in [0.1, 0.15) is 10.9 Å². The van der Waals surface area contributed by atoms with Crippen LogP contribution in [0.3, 0.4) is 0 Å². The highest BCUT2D eigenvalue weighted by Gasteiger charge is 2.16. The molecule has 0 spiro atoms. The highest BCUT2D eigenvalue weighted by molar-refractivity contribution is 6.32.